The number of carbonyl (C=O) groups excluding carboxylic acids is 1. The van der Waals surface area contributed by atoms with Crippen molar-refractivity contribution in [3.05, 3.63) is 87.2 Å². The van der Waals surface area contributed by atoms with E-state index in [9.17, 15) is 4.79 Å². The summed E-state index contributed by atoms with van der Waals surface area (Å²) in [5.41, 5.74) is 2.15. The standard InChI is InChI=1S/C21H12Cl2N4O2/c22-14-3-4-19(29-11-18-16-2-1-5-25-21(16)27-26-18)17(9-14)20(28)13-6-12(10-24)7-15(23)8-13/h1-9H,11H2,(H,25,26,27). The number of ether oxygens (including phenoxy) is 1. The van der Waals surface area contributed by atoms with E-state index in [1.165, 1.54) is 24.3 Å². The van der Waals surface area contributed by atoms with Gasteiger partial charge >= 0.3 is 0 Å². The fourth-order valence-electron chi connectivity index (χ4n) is 2.91. The van der Waals surface area contributed by atoms with E-state index in [2.05, 4.69) is 15.2 Å². The van der Waals surface area contributed by atoms with E-state index >= 15 is 0 Å². The first-order valence-electron chi connectivity index (χ1n) is 8.51. The summed E-state index contributed by atoms with van der Waals surface area (Å²) in [6.45, 7) is 0.132. The molecule has 0 unspecified atom stereocenters. The lowest BCUT2D eigenvalue weighted by molar-refractivity contribution is 0.103. The third-order valence-corrected chi connectivity index (χ3v) is 4.71. The maximum atomic E-state index is 13.1. The maximum absolute atomic E-state index is 13.1. The van der Waals surface area contributed by atoms with Crippen LogP contribution < -0.4 is 4.74 Å². The van der Waals surface area contributed by atoms with Gasteiger partial charge in [0.25, 0.3) is 0 Å². The highest BCUT2D eigenvalue weighted by atomic mass is 35.5. The van der Waals surface area contributed by atoms with E-state index in [-0.39, 0.29) is 23.5 Å². The first-order valence-corrected chi connectivity index (χ1v) is 9.26. The number of rotatable bonds is 5. The summed E-state index contributed by atoms with van der Waals surface area (Å²) in [7, 11) is 0. The highest BCUT2D eigenvalue weighted by Crippen LogP contribution is 2.28. The lowest BCUT2D eigenvalue weighted by Crippen LogP contribution is -2.06. The smallest absolute Gasteiger partial charge is 0.196 e. The lowest BCUT2D eigenvalue weighted by atomic mass is 10.0. The number of hydrogen-bond acceptors (Lipinski definition) is 5. The second kappa shape index (κ2) is 7.92. The number of nitriles is 1. The number of H-pyrrole nitrogens is 1. The highest BCUT2D eigenvalue weighted by molar-refractivity contribution is 6.32. The SMILES string of the molecule is N#Cc1cc(Cl)cc(C(=O)c2cc(Cl)ccc2OCc2n[nH]c3ncccc23)c1. The zero-order chi connectivity index (χ0) is 20.4. The van der Waals surface area contributed by atoms with E-state index in [0.717, 1.165) is 5.39 Å². The molecule has 0 saturated heterocycles. The first kappa shape index (κ1) is 18.9. The van der Waals surface area contributed by atoms with Crippen LogP contribution in [0.15, 0.2) is 54.7 Å². The minimum absolute atomic E-state index is 0.132. The molecule has 0 aliphatic carbocycles. The molecule has 4 rings (SSSR count). The molecule has 0 amide bonds. The second-order valence-corrected chi connectivity index (χ2v) is 7.04. The molecule has 0 bridgehead atoms. The van der Waals surface area contributed by atoms with Crippen LogP contribution in [0.4, 0.5) is 0 Å². The third-order valence-electron chi connectivity index (χ3n) is 4.26. The average Bonchev–Trinajstić information content (AvgIpc) is 3.15. The molecule has 6 nitrogen and oxygen atoms in total. The quantitative estimate of drug-likeness (QED) is 0.459. The first-order chi connectivity index (χ1) is 14.0. The number of nitrogens with one attached hydrogen (secondary N) is 1. The molecule has 0 aliphatic rings. The van der Waals surface area contributed by atoms with Crippen LogP contribution in [0, 0.1) is 11.3 Å². The van der Waals surface area contributed by atoms with Crippen LogP contribution in [0.5, 0.6) is 5.75 Å². The van der Waals surface area contributed by atoms with Gasteiger partial charge in [-0.05, 0) is 48.5 Å². The van der Waals surface area contributed by atoms with Crippen molar-refractivity contribution < 1.29 is 9.53 Å². The monoisotopic (exact) mass is 422 g/mol. The van der Waals surface area contributed by atoms with Crippen LogP contribution in [-0.2, 0) is 6.61 Å². The fourth-order valence-corrected chi connectivity index (χ4v) is 3.32. The topological polar surface area (TPSA) is 91.7 Å². The van der Waals surface area contributed by atoms with Gasteiger partial charge in [-0.2, -0.15) is 10.4 Å². The van der Waals surface area contributed by atoms with Crippen LogP contribution in [0.1, 0.15) is 27.2 Å². The Bertz CT molecular complexity index is 1280. The molecule has 0 atom stereocenters. The van der Waals surface area contributed by atoms with Gasteiger partial charge in [-0.3, -0.25) is 9.89 Å². The molecule has 2 aromatic carbocycles. The molecule has 0 fully saturated rings. The predicted octanol–water partition coefficient (Wildman–Crippen LogP) is 4.95. The van der Waals surface area contributed by atoms with E-state index in [0.29, 0.717) is 32.7 Å². The molecule has 0 spiro atoms. The molecule has 0 aliphatic heterocycles. The molecular weight excluding hydrogens is 411 g/mol. The Labute approximate surface area is 175 Å². The maximum Gasteiger partial charge on any atom is 0.196 e. The molecule has 0 saturated carbocycles. The van der Waals surface area contributed by atoms with Crippen LogP contribution >= 0.6 is 23.2 Å². The Kier molecular flexibility index (Phi) is 5.17. The molecule has 142 valence electrons. The van der Waals surface area contributed by atoms with Crippen LogP contribution in [0.2, 0.25) is 10.0 Å². The van der Waals surface area contributed by atoms with Crippen molar-refractivity contribution in [2.75, 3.05) is 0 Å². The summed E-state index contributed by atoms with van der Waals surface area (Å²) in [6.07, 6.45) is 1.67. The number of benzene rings is 2. The van der Waals surface area contributed by atoms with Gasteiger partial charge in [-0.25, -0.2) is 4.98 Å². The van der Waals surface area contributed by atoms with Crippen LogP contribution in [-0.4, -0.2) is 21.0 Å². The van der Waals surface area contributed by atoms with Crippen molar-refractivity contribution >= 4 is 40.0 Å². The fraction of sp³-hybridized carbons (Fsp3) is 0.0476. The van der Waals surface area contributed by atoms with Gasteiger partial charge in [-0.1, -0.05) is 23.2 Å². The number of fused-ring (bicyclic) bond motifs is 1. The Balaban J connectivity index is 1.66. The number of carbonyl (C=O) groups is 1. The Morgan fingerprint density at radius 1 is 1.14 bits per heavy atom. The van der Waals surface area contributed by atoms with E-state index in [4.69, 9.17) is 33.2 Å². The molecule has 8 heteroatoms. The molecular formula is C21H12Cl2N4O2. The van der Waals surface area contributed by atoms with Crippen molar-refractivity contribution in [3.8, 4) is 11.8 Å². The van der Waals surface area contributed by atoms with Gasteiger partial charge in [0.2, 0.25) is 0 Å². The van der Waals surface area contributed by atoms with Crippen molar-refractivity contribution in [1.29, 1.82) is 5.26 Å². The third kappa shape index (κ3) is 3.92. The predicted molar refractivity (Wildman–Crippen MR) is 109 cm³/mol. The van der Waals surface area contributed by atoms with E-state index < -0.39 is 0 Å². The molecule has 0 radical (unpaired) electrons. The van der Waals surface area contributed by atoms with Crippen molar-refractivity contribution in [3.63, 3.8) is 0 Å². The van der Waals surface area contributed by atoms with Crippen LogP contribution in [0.25, 0.3) is 11.0 Å². The molecule has 1 N–H and O–H groups in total. The zero-order valence-corrected chi connectivity index (χ0v) is 16.3. The number of aromatic amines is 1. The zero-order valence-electron chi connectivity index (χ0n) is 14.8. The number of nitrogens with zero attached hydrogens (tertiary/aromatic N) is 3. The van der Waals surface area contributed by atoms with Gasteiger partial charge in [0.1, 0.15) is 18.1 Å². The van der Waals surface area contributed by atoms with Gasteiger partial charge < -0.3 is 4.74 Å². The molecule has 4 aromatic rings. The van der Waals surface area contributed by atoms with E-state index in [1.807, 2.05) is 18.2 Å². The highest BCUT2D eigenvalue weighted by Gasteiger charge is 2.18. The number of aromatic nitrogens is 3. The molecule has 2 heterocycles. The summed E-state index contributed by atoms with van der Waals surface area (Å²) in [6, 6.07) is 14.9. The van der Waals surface area contributed by atoms with Crippen molar-refractivity contribution in [1.82, 2.24) is 15.2 Å². The number of hydrogen-bond donors (Lipinski definition) is 1. The minimum Gasteiger partial charge on any atom is -0.486 e. The molecule has 2 aromatic heterocycles. The summed E-state index contributed by atoms with van der Waals surface area (Å²) in [4.78, 5) is 17.3. The summed E-state index contributed by atoms with van der Waals surface area (Å²) >= 11 is 12.1. The minimum atomic E-state index is -0.352. The van der Waals surface area contributed by atoms with Crippen LogP contribution in [0.3, 0.4) is 0 Å². The summed E-state index contributed by atoms with van der Waals surface area (Å²) in [5.74, 6) is -0.00650. The second-order valence-electron chi connectivity index (χ2n) is 6.17. The van der Waals surface area contributed by atoms with Gasteiger partial charge in [-0.15, -0.1) is 0 Å². The average molecular weight is 423 g/mol. The Morgan fingerprint density at radius 3 is 2.83 bits per heavy atom. The number of ketones is 1. The Morgan fingerprint density at radius 2 is 2.00 bits per heavy atom. The lowest BCUT2D eigenvalue weighted by Gasteiger charge is -2.11. The molecule has 29 heavy (non-hydrogen) atoms. The van der Waals surface area contributed by atoms with Gasteiger partial charge in [0.15, 0.2) is 11.4 Å². The Hall–Kier alpha value is -3.40. The normalized spacial score (nSPS) is 10.7. The van der Waals surface area contributed by atoms with E-state index in [1.54, 1.807) is 18.3 Å². The largest absolute Gasteiger partial charge is 0.486 e. The van der Waals surface area contributed by atoms with Crippen molar-refractivity contribution in [2.24, 2.45) is 0 Å². The van der Waals surface area contributed by atoms with Gasteiger partial charge in [0.05, 0.1) is 17.2 Å². The summed E-state index contributed by atoms with van der Waals surface area (Å²) in [5, 5.41) is 17.7. The number of pyridine rings is 1. The summed E-state index contributed by atoms with van der Waals surface area (Å²) < 4.78 is 5.89. The van der Waals surface area contributed by atoms with Crippen molar-refractivity contribution in [2.45, 2.75) is 6.61 Å². The number of halogens is 2. The van der Waals surface area contributed by atoms with Gasteiger partial charge in [0, 0.05) is 27.2 Å².